The van der Waals surface area contributed by atoms with Gasteiger partial charge in [0.2, 0.25) is 6.79 Å². The molecule has 44 heavy (non-hydrogen) atoms. The van der Waals surface area contributed by atoms with Crippen molar-refractivity contribution in [3.8, 4) is 67.1 Å². The zero-order valence-corrected chi connectivity index (χ0v) is 23.9. The summed E-state index contributed by atoms with van der Waals surface area (Å²) in [4.78, 5) is 0. The molecule has 6 aromatic rings. The molecule has 215 valence electrons. The van der Waals surface area contributed by atoms with E-state index in [1.165, 1.54) is 12.1 Å². The van der Waals surface area contributed by atoms with Crippen LogP contribution in [-0.2, 0) is 6.18 Å². The van der Waals surface area contributed by atoms with Gasteiger partial charge in [0.25, 0.3) is 0 Å². The first-order valence-corrected chi connectivity index (χ1v) is 14.3. The quantitative estimate of drug-likeness (QED) is 0.195. The summed E-state index contributed by atoms with van der Waals surface area (Å²) in [5.41, 5.74) is 5.25. The van der Waals surface area contributed by atoms with E-state index in [-0.39, 0.29) is 23.7 Å². The first-order valence-electron chi connectivity index (χ1n) is 14.0. The van der Waals surface area contributed by atoms with E-state index in [0.717, 1.165) is 33.9 Å². The van der Waals surface area contributed by atoms with Crippen molar-refractivity contribution < 1.29 is 22.6 Å². The van der Waals surface area contributed by atoms with E-state index in [1.54, 1.807) is 6.07 Å². The third-order valence-electron chi connectivity index (χ3n) is 7.70. The Kier molecular flexibility index (Phi) is 7.11. The van der Waals surface area contributed by atoms with Crippen LogP contribution in [0.1, 0.15) is 5.56 Å². The van der Waals surface area contributed by atoms with Crippen LogP contribution in [0, 0.1) is 6.07 Å². The Balaban J connectivity index is 1.55. The lowest BCUT2D eigenvalue weighted by Crippen LogP contribution is -2.08. The Morgan fingerprint density at radius 2 is 1.07 bits per heavy atom. The van der Waals surface area contributed by atoms with Gasteiger partial charge in [-0.05, 0) is 33.9 Å². The van der Waals surface area contributed by atoms with Crippen LogP contribution in [0.25, 0.3) is 55.6 Å². The molecular formula is C38H23ClF3O2. The molecular weight excluding hydrogens is 581 g/mol. The van der Waals surface area contributed by atoms with Crippen molar-refractivity contribution in [2.45, 2.75) is 6.18 Å². The van der Waals surface area contributed by atoms with Crippen LogP contribution in [-0.4, -0.2) is 6.79 Å². The molecule has 0 N–H and O–H groups in total. The lowest BCUT2D eigenvalue weighted by Gasteiger charge is -2.21. The Labute approximate surface area is 257 Å². The molecule has 0 amide bonds. The zero-order valence-electron chi connectivity index (χ0n) is 23.2. The Morgan fingerprint density at radius 3 is 1.77 bits per heavy atom. The summed E-state index contributed by atoms with van der Waals surface area (Å²) in [6.07, 6.45) is -4.61. The highest BCUT2D eigenvalue weighted by molar-refractivity contribution is 6.36. The number of halogens is 4. The van der Waals surface area contributed by atoms with Crippen molar-refractivity contribution in [2.24, 2.45) is 0 Å². The van der Waals surface area contributed by atoms with E-state index in [0.29, 0.717) is 27.5 Å². The molecule has 0 bridgehead atoms. The van der Waals surface area contributed by atoms with Crippen molar-refractivity contribution in [2.75, 3.05) is 6.79 Å². The van der Waals surface area contributed by atoms with Crippen LogP contribution in [0.4, 0.5) is 13.2 Å². The maximum absolute atomic E-state index is 14.5. The van der Waals surface area contributed by atoms with Crippen molar-refractivity contribution in [1.82, 2.24) is 0 Å². The second-order valence-corrected chi connectivity index (χ2v) is 10.7. The smallest absolute Gasteiger partial charge is 0.417 e. The van der Waals surface area contributed by atoms with Crippen LogP contribution < -0.4 is 9.47 Å². The molecule has 0 atom stereocenters. The Morgan fingerprint density at radius 1 is 0.523 bits per heavy atom. The van der Waals surface area contributed by atoms with Gasteiger partial charge in [-0.1, -0.05) is 133 Å². The van der Waals surface area contributed by atoms with E-state index >= 15 is 0 Å². The Bertz CT molecular complexity index is 1990. The number of fused-ring (bicyclic) bond motifs is 1. The summed E-state index contributed by atoms with van der Waals surface area (Å²) in [6.45, 7) is -0.125. The van der Waals surface area contributed by atoms with Crippen LogP contribution >= 0.6 is 11.6 Å². The summed E-state index contributed by atoms with van der Waals surface area (Å²) in [7, 11) is 0. The number of hydrogen-bond donors (Lipinski definition) is 0. The third-order valence-corrected chi connectivity index (χ3v) is 8.11. The van der Waals surface area contributed by atoms with E-state index < -0.39 is 11.7 Å². The highest BCUT2D eigenvalue weighted by atomic mass is 35.5. The SMILES string of the molecule is FC(F)(F)c1ccccc1-c1c(-c2ccccc2-c2cccc(-c3ccccc3)c2Cl)[c]c(-c2ccccc2)c2c1OCO2. The molecule has 0 unspecified atom stereocenters. The van der Waals surface area contributed by atoms with Crippen LogP contribution in [0.15, 0.2) is 127 Å². The summed E-state index contributed by atoms with van der Waals surface area (Å²) >= 11 is 7.10. The maximum Gasteiger partial charge on any atom is 0.417 e. The molecule has 0 aromatic heterocycles. The lowest BCUT2D eigenvalue weighted by molar-refractivity contribution is -0.137. The number of hydrogen-bond acceptors (Lipinski definition) is 2. The standard InChI is InChI=1S/C38H23ClF3O2/c39-35-26(24-12-3-1-4-13-24)19-11-20-29(35)27-16-7-8-17-28(27)32-22-31(25-14-5-2-6-15-25)36-37(44-23-43-36)34(32)30-18-9-10-21-33(30)38(40,41)42/h1-21H,23H2. The summed E-state index contributed by atoms with van der Waals surface area (Å²) in [5, 5.41) is 0.535. The second-order valence-electron chi connectivity index (χ2n) is 10.3. The predicted molar refractivity (Wildman–Crippen MR) is 169 cm³/mol. The maximum atomic E-state index is 14.5. The van der Waals surface area contributed by atoms with Crippen molar-refractivity contribution in [3.05, 3.63) is 144 Å². The van der Waals surface area contributed by atoms with E-state index in [4.69, 9.17) is 21.1 Å². The van der Waals surface area contributed by atoms with Crippen LogP contribution in [0.5, 0.6) is 11.5 Å². The van der Waals surface area contributed by atoms with Gasteiger partial charge in [-0.2, -0.15) is 13.2 Å². The second kappa shape index (κ2) is 11.3. The third kappa shape index (κ3) is 4.89. The molecule has 1 heterocycles. The number of benzene rings is 6. The largest absolute Gasteiger partial charge is 0.453 e. The van der Waals surface area contributed by atoms with E-state index in [9.17, 15) is 13.2 Å². The highest BCUT2D eigenvalue weighted by Gasteiger charge is 2.37. The fraction of sp³-hybridized carbons (Fsp3) is 0.0526. The molecule has 1 radical (unpaired) electrons. The average Bonchev–Trinajstić information content (AvgIpc) is 3.55. The molecule has 6 aromatic carbocycles. The molecule has 1 aliphatic rings. The van der Waals surface area contributed by atoms with Gasteiger partial charge in [-0.3, -0.25) is 0 Å². The zero-order chi connectivity index (χ0) is 30.3. The molecule has 0 saturated carbocycles. The molecule has 6 heteroatoms. The van der Waals surface area contributed by atoms with Gasteiger partial charge in [-0.15, -0.1) is 0 Å². The normalized spacial score (nSPS) is 12.4. The van der Waals surface area contributed by atoms with Gasteiger partial charge in [-0.25, -0.2) is 0 Å². The molecule has 0 saturated heterocycles. The summed E-state index contributed by atoms with van der Waals surface area (Å²) in [6, 6.07) is 41.7. The lowest BCUT2D eigenvalue weighted by atomic mass is 9.84. The topological polar surface area (TPSA) is 18.5 Å². The van der Waals surface area contributed by atoms with Crippen LogP contribution in [0.2, 0.25) is 5.02 Å². The number of ether oxygens (including phenoxy) is 2. The predicted octanol–water partition coefficient (Wildman–Crippen LogP) is 11.2. The minimum atomic E-state index is -4.61. The first-order chi connectivity index (χ1) is 21.4. The van der Waals surface area contributed by atoms with Crippen LogP contribution in [0.3, 0.4) is 0 Å². The van der Waals surface area contributed by atoms with E-state index in [2.05, 4.69) is 6.07 Å². The van der Waals surface area contributed by atoms with Gasteiger partial charge in [0, 0.05) is 33.9 Å². The minimum absolute atomic E-state index is 0.0217. The fourth-order valence-corrected chi connectivity index (χ4v) is 6.08. The molecule has 7 rings (SSSR count). The van der Waals surface area contributed by atoms with Gasteiger partial charge >= 0.3 is 6.18 Å². The van der Waals surface area contributed by atoms with Crippen molar-refractivity contribution >= 4 is 11.6 Å². The van der Waals surface area contributed by atoms with Gasteiger partial charge < -0.3 is 9.47 Å². The minimum Gasteiger partial charge on any atom is -0.453 e. The Hall–Kier alpha value is -5.00. The van der Waals surface area contributed by atoms with Crippen molar-refractivity contribution in [3.63, 3.8) is 0 Å². The summed E-state index contributed by atoms with van der Waals surface area (Å²) in [5.74, 6) is 0.599. The van der Waals surface area contributed by atoms with Gasteiger partial charge in [0.1, 0.15) is 0 Å². The summed E-state index contributed by atoms with van der Waals surface area (Å²) < 4.78 is 55.3. The first kappa shape index (κ1) is 27.8. The molecule has 2 nitrogen and oxygen atoms in total. The van der Waals surface area contributed by atoms with Gasteiger partial charge in [0.05, 0.1) is 10.6 Å². The monoisotopic (exact) mass is 603 g/mol. The van der Waals surface area contributed by atoms with E-state index in [1.807, 2.05) is 103 Å². The molecule has 0 fully saturated rings. The van der Waals surface area contributed by atoms with Crippen molar-refractivity contribution in [1.29, 1.82) is 0 Å². The molecule has 0 spiro atoms. The fourth-order valence-electron chi connectivity index (χ4n) is 5.74. The highest BCUT2D eigenvalue weighted by Crippen LogP contribution is 2.55. The molecule has 1 aliphatic heterocycles. The molecule has 0 aliphatic carbocycles. The average molecular weight is 604 g/mol. The van der Waals surface area contributed by atoms with Gasteiger partial charge in [0.15, 0.2) is 11.5 Å². The number of rotatable bonds is 5. The number of alkyl halides is 3.